The molecule has 2 bridgehead atoms. The van der Waals surface area contributed by atoms with Gasteiger partial charge in [0.1, 0.15) is 0 Å². The molecule has 0 radical (unpaired) electrons. The average molecular weight is 378 g/mol. The van der Waals surface area contributed by atoms with Crippen molar-refractivity contribution in [2.24, 2.45) is 11.8 Å². The largest absolute Gasteiger partial charge is 0.478 e. The summed E-state index contributed by atoms with van der Waals surface area (Å²) in [5, 5.41) is 9.10. The number of likely N-dealkylation sites (tertiary alicyclic amines) is 1. The van der Waals surface area contributed by atoms with Crippen molar-refractivity contribution in [2.75, 3.05) is 19.6 Å². The van der Waals surface area contributed by atoms with Crippen molar-refractivity contribution in [2.45, 2.75) is 38.1 Å². The molecule has 5 heteroatoms. The van der Waals surface area contributed by atoms with Gasteiger partial charge in [0, 0.05) is 43.9 Å². The summed E-state index contributed by atoms with van der Waals surface area (Å²) >= 11 is 0. The molecule has 28 heavy (non-hydrogen) atoms. The maximum atomic E-state index is 12.8. The molecule has 1 aromatic carbocycles. The smallest absolute Gasteiger partial charge is 0.335 e. The van der Waals surface area contributed by atoms with Crippen molar-refractivity contribution < 1.29 is 9.90 Å². The molecule has 1 aromatic heterocycles. The number of carboxylic acid groups (broad SMARTS) is 1. The molecule has 2 fully saturated rings. The third-order valence-corrected chi connectivity index (χ3v) is 6.84. The van der Waals surface area contributed by atoms with Crippen LogP contribution in [0.3, 0.4) is 0 Å². The Morgan fingerprint density at radius 3 is 2.50 bits per heavy atom. The first-order valence-corrected chi connectivity index (χ1v) is 10.4. The first-order valence-electron chi connectivity index (χ1n) is 10.4. The number of aromatic nitrogens is 1. The summed E-state index contributed by atoms with van der Waals surface area (Å²) < 4.78 is 1.98. The molecule has 1 aliphatic carbocycles. The van der Waals surface area contributed by atoms with Crippen LogP contribution in [0.15, 0.2) is 41.2 Å². The number of hydrogen-bond donors (Lipinski definition) is 1. The zero-order valence-electron chi connectivity index (χ0n) is 16.0. The Hall–Kier alpha value is -2.40. The van der Waals surface area contributed by atoms with Gasteiger partial charge >= 0.3 is 5.97 Å². The molecular formula is C23H26N2O3. The molecule has 5 rings (SSSR count). The molecule has 3 aliphatic rings. The van der Waals surface area contributed by atoms with Crippen LogP contribution in [0.4, 0.5) is 0 Å². The number of fused-ring (bicyclic) bond motifs is 4. The van der Waals surface area contributed by atoms with E-state index < -0.39 is 5.97 Å². The molecule has 2 aliphatic heterocycles. The number of pyridine rings is 1. The van der Waals surface area contributed by atoms with E-state index in [2.05, 4.69) is 11.0 Å². The highest BCUT2D eigenvalue weighted by Gasteiger charge is 2.36. The van der Waals surface area contributed by atoms with Gasteiger partial charge in [0.25, 0.3) is 5.56 Å². The molecule has 1 N–H and O–H groups in total. The fraction of sp³-hybridized carbons (Fsp3) is 0.478. The van der Waals surface area contributed by atoms with Crippen LogP contribution in [0.5, 0.6) is 0 Å². The lowest BCUT2D eigenvalue weighted by atomic mass is 9.80. The fourth-order valence-corrected chi connectivity index (χ4v) is 5.22. The van der Waals surface area contributed by atoms with Crippen molar-refractivity contribution in [1.29, 1.82) is 0 Å². The Balaban J connectivity index is 1.45. The predicted molar refractivity (Wildman–Crippen MR) is 108 cm³/mol. The van der Waals surface area contributed by atoms with E-state index in [1.54, 1.807) is 30.3 Å². The maximum Gasteiger partial charge on any atom is 0.335 e. The van der Waals surface area contributed by atoms with Crippen LogP contribution < -0.4 is 5.56 Å². The highest BCUT2D eigenvalue weighted by atomic mass is 16.4. The minimum Gasteiger partial charge on any atom is -0.478 e. The van der Waals surface area contributed by atoms with E-state index in [4.69, 9.17) is 5.11 Å². The van der Waals surface area contributed by atoms with E-state index in [1.807, 2.05) is 4.57 Å². The molecule has 3 heterocycles. The molecule has 2 aromatic rings. The lowest BCUT2D eigenvalue weighted by molar-refractivity contribution is 0.0697. The van der Waals surface area contributed by atoms with Gasteiger partial charge < -0.3 is 14.6 Å². The second kappa shape index (κ2) is 6.89. The monoisotopic (exact) mass is 378 g/mol. The number of hydrogen-bond acceptors (Lipinski definition) is 3. The van der Waals surface area contributed by atoms with Gasteiger partial charge in [-0.15, -0.1) is 0 Å². The molecule has 1 saturated heterocycles. The van der Waals surface area contributed by atoms with Crippen molar-refractivity contribution in [3.05, 3.63) is 58.0 Å². The molecule has 5 nitrogen and oxygen atoms in total. The lowest BCUT2D eigenvalue weighted by Gasteiger charge is -2.44. The summed E-state index contributed by atoms with van der Waals surface area (Å²) in [7, 11) is 0. The van der Waals surface area contributed by atoms with Gasteiger partial charge in [0.15, 0.2) is 0 Å². The van der Waals surface area contributed by atoms with Crippen LogP contribution in [-0.2, 0) is 6.54 Å². The van der Waals surface area contributed by atoms with Gasteiger partial charge in [-0.05, 0) is 60.4 Å². The number of carboxylic acids is 1. The van der Waals surface area contributed by atoms with Gasteiger partial charge in [-0.25, -0.2) is 4.79 Å². The van der Waals surface area contributed by atoms with Crippen molar-refractivity contribution in [1.82, 2.24) is 9.47 Å². The number of rotatable bonds is 4. The Morgan fingerprint density at radius 2 is 1.82 bits per heavy atom. The first kappa shape index (κ1) is 17.7. The summed E-state index contributed by atoms with van der Waals surface area (Å²) in [4.78, 5) is 26.6. The van der Waals surface area contributed by atoms with Crippen LogP contribution in [0.2, 0.25) is 0 Å². The molecule has 0 spiro atoms. The molecule has 1 saturated carbocycles. The van der Waals surface area contributed by atoms with E-state index >= 15 is 0 Å². The number of benzene rings is 1. The summed E-state index contributed by atoms with van der Waals surface area (Å²) in [6, 6.07) is 10.7. The summed E-state index contributed by atoms with van der Waals surface area (Å²) in [5.41, 5.74) is 3.27. The van der Waals surface area contributed by atoms with Crippen LogP contribution in [0, 0.1) is 11.8 Å². The Labute approximate surface area is 164 Å². The van der Waals surface area contributed by atoms with Crippen LogP contribution in [-0.4, -0.2) is 40.2 Å². The van der Waals surface area contributed by atoms with E-state index in [9.17, 15) is 9.59 Å². The van der Waals surface area contributed by atoms with Crippen LogP contribution in [0.25, 0.3) is 11.1 Å². The Kier molecular flexibility index (Phi) is 4.35. The van der Waals surface area contributed by atoms with Gasteiger partial charge in [-0.2, -0.15) is 0 Å². The SMILES string of the molecule is O=C(O)c1ccc(-c2cc3n(c(=O)c2)C[C@H]2C[C@@H]3CN(CC3CCC3)C2)cc1. The maximum absolute atomic E-state index is 12.8. The predicted octanol–water partition coefficient (Wildman–Crippen LogP) is 3.43. The molecule has 146 valence electrons. The molecule has 0 amide bonds. The second-order valence-corrected chi connectivity index (χ2v) is 8.81. The van der Waals surface area contributed by atoms with Gasteiger partial charge in [0.2, 0.25) is 0 Å². The minimum absolute atomic E-state index is 0.0666. The summed E-state index contributed by atoms with van der Waals surface area (Å²) in [5.74, 6) is 0.931. The number of aromatic carboxylic acids is 1. The number of carbonyl (C=O) groups is 1. The molecule has 2 atom stereocenters. The number of piperidine rings is 1. The van der Waals surface area contributed by atoms with Crippen molar-refractivity contribution in [3.63, 3.8) is 0 Å². The van der Waals surface area contributed by atoms with Crippen LogP contribution in [0.1, 0.15) is 47.7 Å². The fourth-order valence-electron chi connectivity index (χ4n) is 5.22. The van der Waals surface area contributed by atoms with Gasteiger partial charge in [-0.3, -0.25) is 4.79 Å². The van der Waals surface area contributed by atoms with Gasteiger partial charge in [0.05, 0.1) is 5.56 Å². The van der Waals surface area contributed by atoms with Crippen molar-refractivity contribution in [3.8, 4) is 11.1 Å². The number of nitrogens with zero attached hydrogens (tertiary/aromatic N) is 2. The van der Waals surface area contributed by atoms with E-state index in [0.29, 0.717) is 11.8 Å². The van der Waals surface area contributed by atoms with Crippen molar-refractivity contribution >= 4 is 5.97 Å². The first-order chi connectivity index (χ1) is 13.6. The summed E-state index contributed by atoms with van der Waals surface area (Å²) in [6.45, 7) is 4.21. The zero-order chi connectivity index (χ0) is 19.3. The highest BCUT2D eigenvalue weighted by Crippen LogP contribution is 2.38. The third kappa shape index (κ3) is 3.18. The minimum atomic E-state index is -0.933. The second-order valence-electron chi connectivity index (χ2n) is 8.81. The normalized spacial score (nSPS) is 24.4. The summed E-state index contributed by atoms with van der Waals surface area (Å²) in [6.07, 6.45) is 5.30. The lowest BCUT2D eigenvalue weighted by Crippen LogP contribution is -2.48. The standard InChI is InChI=1S/C23H26N2O3/c26-22-10-19(17-4-6-18(7-5-17)23(27)28)9-21-20-8-16(13-25(21)22)12-24(14-20)11-15-2-1-3-15/h4-7,9-10,15-16,20H,1-3,8,11-14H2,(H,27,28)/t16-,20+/m0/s1. The third-order valence-electron chi connectivity index (χ3n) is 6.84. The van der Waals surface area contributed by atoms with Gasteiger partial charge in [-0.1, -0.05) is 18.6 Å². The average Bonchev–Trinajstić information content (AvgIpc) is 2.65. The van der Waals surface area contributed by atoms with E-state index in [1.165, 1.54) is 32.2 Å². The Bertz CT molecular complexity index is 959. The van der Waals surface area contributed by atoms with E-state index in [0.717, 1.165) is 42.4 Å². The Morgan fingerprint density at radius 1 is 1.04 bits per heavy atom. The van der Waals surface area contributed by atoms with Crippen LogP contribution >= 0.6 is 0 Å². The topological polar surface area (TPSA) is 62.5 Å². The molecular weight excluding hydrogens is 352 g/mol. The highest BCUT2D eigenvalue weighted by molar-refractivity contribution is 5.88. The molecule has 0 unspecified atom stereocenters. The quantitative estimate of drug-likeness (QED) is 0.885. The zero-order valence-corrected chi connectivity index (χ0v) is 16.0. The van der Waals surface area contributed by atoms with E-state index in [-0.39, 0.29) is 11.1 Å².